The number of aryl methyl sites for hydroxylation is 1. The maximum atomic E-state index is 12.4. The van der Waals surface area contributed by atoms with Gasteiger partial charge in [0.05, 0.1) is 18.9 Å². The van der Waals surface area contributed by atoms with Crippen molar-refractivity contribution in [3.8, 4) is 0 Å². The number of methoxy groups -OCH3 is 1. The third-order valence-electron chi connectivity index (χ3n) is 4.12. The molecule has 1 heterocycles. The molecule has 6 nitrogen and oxygen atoms in total. The predicted molar refractivity (Wildman–Crippen MR) is 80.2 cm³/mol. The van der Waals surface area contributed by atoms with Gasteiger partial charge in [-0.1, -0.05) is 6.42 Å². The second-order valence-electron chi connectivity index (χ2n) is 5.57. The first-order valence-electron chi connectivity index (χ1n) is 7.34. The van der Waals surface area contributed by atoms with Crippen LogP contribution in [-0.2, 0) is 14.3 Å². The van der Waals surface area contributed by atoms with Gasteiger partial charge in [-0.05, 0) is 31.0 Å². The van der Waals surface area contributed by atoms with Gasteiger partial charge in [-0.25, -0.2) is 4.98 Å². The van der Waals surface area contributed by atoms with E-state index in [9.17, 15) is 9.59 Å². The average molecular weight is 302 g/mol. The number of carbonyl (C=O) groups is 2. The Bertz CT molecular complexity index is 722. The summed E-state index contributed by atoms with van der Waals surface area (Å²) in [6.45, 7) is 1.78. The lowest BCUT2D eigenvalue weighted by Gasteiger charge is -2.17. The molecule has 1 amide bonds. The van der Waals surface area contributed by atoms with E-state index in [-0.39, 0.29) is 23.7 Å². The Morgan fingerprint density at radius 1 is 1.32 bits per heavy atom. The molecule has 1 N–H and O–H groups in total. The Hall–Kier alpha value is -2.37. The number of carbonyl (C=O) groups excluding carboxylic acids is 2. The highest BCUT2D eigenvalue weighted by Gasteiger charge is 2.38. The lowest BCUT2D eigenvalue weighted by atomic mass is 9.95. The molecule has 1 aliphatic rings. The first-order chi connectivity index (χ1) is 10.6. The standard InChI is InChI=1S/C16H18N2O4/c1-9-17-13-8-10(6-7-14(13)22-9)18-15(19)11-4-3-5-12(11)16(20)21-2/h6-8,11-12H,3-5H2,1-2H3,(H,18,19). The van der Waals surface area contributed by atoms with Crippen molar-refractivity contribution in [3.05, 3.63) is 24.1 Å². The van der Waals surface area contributed by atoms with Crippen molar-refractivity contribution >= 4 is 28.7 Å². The van der Waals surface area contributed by atoms with E-state index in [2.05, 4.69) is 10.3 Å². The number of hydrogen-bond donors (Lipinski definition) is 1. The van der Waals surface area contributed by atoms with E-state index in [1.165, 1.54) is 7.11 Å². The van der Waals surface area contributed by atoms with Gasteiger partial charge in [0, 0.05) is 12.6 Å². The maximum Gasteiger partial charge on any atom is 0.309 e. The fourth-order valence-electron chi connectivity index (χ4n) is 3.06. The minimum atomic E-state index is -0.344. The van der Waals surface area contributed by atoms with Crippen molar-refractivity contribution in [1.82, 2.24) is 4.98 Å². The molecule has 6 heteroatoms. The summed E-state index contributed by atoms with van der Waals surface area (Å²) < 4.78 is 10.2. The monoisotopic (exact) mass is 302 g/mol. The number of ether oxygens (including phenoxy) is 1. The van der Waals surface area contributed by atoms with Gasteiger partial charge in [0.15, 0.2) is 11.5 Å². The summed E-state index contributed by atoms with van der Waals surface area (Å²) in [6.07, 6.45) is 2.27. The van der Waals surface area contributed by atoms with Gasteiger partial charge in [0.25, 0.3) is 0 Å². The minimum Gasteiger partial charge on any atom is -0.469 e. The van der Waals surface area contributed by atoms with Gasteiger partial charge in [-0.3, -0.25) is 9.59 Å². The molecule has 1 fully saturated rings. The number of nitrogens with zero attached hydrogens (tertiary/aromatic N) is 1. The smallest absolute Gasteiger partial charge is 0.309 e. The number of anilines is 1. The molecule has 1 aliphatic carbocycles. The van der Waals surface area contributed by atoms with Crippen molar-refractivity contribution in [2.24, 2.45) is 11.8 Å². The molecule has 3 rings (SSSR count). The van der Waals surface area contributed by atoms with Gasteiger partial charge in [-0.15, -0.1) is 0 Å². The zero-order chi connectivity index (χ0) is 15.7. The van der Waals surface area contributed by atoms with Crippen molar-refractivity contribution in [2.45, 2.75) is 26.2 Å². The first kappa shape index (κ1) is 14.6. The Balaban J connectivity index is 1.76. The third kappa shape index (κ3) is 2.68. The van der Waals surface area contributed by atoms with Crippen LogP contribution in [0.15, 0.2) is 22.6 Å². The number of rotatable bonds is 3. The van der Waals surface area contributed by atoms with Crippen LogP contribution in [-0.4, -0.2) is 24.0 Å². The van der Waals surface area contributed by atoms with Crippen LogP contribution in [0.3, 0.4) is 0 Å². The van der Waals surface area contributed by atoms with Crippen molar-refractivity contribution < 1.29 is 18.7 Å². The van der Waals surface area contributed by atoms with Gasteiger partial charge in [0.2, 0.25) is 5.91 Å². The molecule has 2 atom stereocenters. The molecule has 1 saturated carbocycles. The molecule has 116 valence electrons. The number of amides is 1. The van der Waals surface area contributed by atoms with E-state index in [1.807, 2.05) is 0 Å². The second kappa shape index (κ2) is 5.79. The number of oxazole rings is 1. The zero-order valence-electron chi connectivity index (χ0n) is 12.6. The molecule has 0 aliphatic heterocycles. The normalized spacial score (nSPS) is 21.0. The summed E-state index contributed by atoms with van der Waals surface area (Å²) in [5.74, 6) is -0.544. The summed E-state index contributed by atoms with van der Waals surface area (Å²) in [4.78, 5) is 28.4. The highest BCUT2D eigenvalue weighted by molar-refractivity contribution is 5.96. The fraction of sp³-hybridized carbons (Fsp3) is 0.438. The Morgan fingerprint density at radius 2 is 2.09 bits per heavy atom. The van der Waals surface area contributed by atoms with E-state index < -0.39 is 0 Å². The van der Waals surface area contributed by atoms with Crippen LogP contribution in [0.5, 0.6) is 0 Å². The SMILES string of the molecule is COC(=O)C1CCCC1C(=O)Nc1ccc2oc(C)nc2c1. The lowest BCUT2D eigenvalue weighted by Crippen LogP contribution is -2.30. The van der Waals surface area contributed by atoms with E-state index >= 15 is 0 Å². The van der Waals surface area contributed by atoms with E-state index in [1.54, 1.807) is 25.1 Å². The molecular formula is C16H18N2O4. The van der Waals surface area contributed by atoms with Crippen LogP contribution >= 0.6 is 0 Å². The molecule has 0 radical (unpaired) electrons. The summed E-state index contributed by atoms with van der Waals surface area (Å²) in [5, 5.41) is 2.87. The quantitative estimate of drug-likeness (QED) is 0.881. The Labute approximate surface area is 127 Å². The van der Waals surface area contributed by atoms with Crippen molar-refractivity contribution in [3.63, 3.8) is 0 Å². The molecule has 0 bridgehead atoms. The topological polar surface area (TPSA) is 81.4 Å². The van der Waals surface area contributed by atoms with Crippen LogP contribution < -0.4 is 5.32 Å². The van der Waals surface area contributed by atoms with Gasteiger partial charge in [-0.2, -0.15) is 0 Å². The average Bonchev–Trinajstić information content (AvgIpc) is 3.11. The van der Waals surface area contributed by atoms with Crippen molar-refractivity contribution in [2.75, 3.05) is 12.4 Å². The Morgan fingerprint density at radius 3 is 2.86 bits per heavy atom. The van der Waals surface area contributed by atoms with E-state index in [4.69, 9.17) is 9.15 Å². The molecule has 2 aromatic rings. The first-order valence-corrected chi connectivity index (χ1v) is 7.34. The second-order valence-corrected chi connectivity index (χ2v) is 5.57. The number of benzene rings is 1. The number of nitrogens with one attached hydrogen (secondary N) is 1. The molecule has 1 aromatic heterocycles. The summed E-state index contributed by atoms with van der Waals surface area (Å²) >= 11 is 0. The lowest BCUT2D eigenvalue weighted by molar-refractivity contribution is -0.148. The summed E-state index contributed by atoms with van der Waals surface area (Å²) in [6, 6.07) is 5.32. The van der Waals surface area contributed by atoms with Crippen LogP contribution in [0.25, 0.3) is 11.1 Å². The van der Waals surface area contributed by atoms with Gasteiger partial charge in [0.1, 0.15) is 5.52 Å². The third-order valence-corrected chi connectivity index (χ3v) is 4.12. The number of hydrogen-bond acceptors (Lipinski definition) is 5. The molecular weight excluding hydrogens is 284 g/mol. The fourth-order valence-corrected chi connectivity index (χ4v) is 3.06. The molecule has 2 unspecified atom stereocenters. The number of esters is 1. The van der Waals surface area contributed by atoms with E-state index in [0.29, 0.717) is 35.5 Å². The van der Waals surface area contributed by atoms with Crippen LogP contribution in [0, 0.1) is 18.8 Å². The zero-order valence-corrected chi connectivity index (χ0v) is 12.6. The van der Waals surface area contributed by atoms with Gasteiger partial charge < -0.3 is 14.5 Å². The van der Waals surface area contributed by atoms with Crippen molar-refractivity contribution in [1.29, 1.82) is 0 Å². The van der Waals surface area contributed by atoms with Crippen LogP contribution in [0.4, 0.5) is 5.69 Å². The minimum absolute atomic E-state index is 0.146. The number of aromatic nitrogens is 1. The van der Waals surface area contributed by atoms with Gasteiger partial charge >= 0.3 is 5.97 Å². The molecule has 0 saturated heterocycles. The highest BCUT2D eigenvalue weighted by atomic mass is 16.5. The highest BCUT2D eigenvalue weighted by Crippen LogP contribution is 2.33. The molecule has 1 aromatic carbocycles. The molecule has 22 heavy (non-hydrogen) atoms. The maximum absolute atomic E-state index is 12.4. The summed E-state index contributed by atoms with van der Waals surface area (Å²) in [5.41, 5.74) is 2.04. The predicted octanol–water partition coefficient (Wildman–Crippen LogP) is 2.66. The Kier molecular flexibility index (Phi) is 3.83. The van der Waals surface area contributed by atoms with Crippen LogP contribution in [0.1, 0.15) is 25.2 Å². The van der Waals surface area contributed by atoms with Crippen LogP contribution in [0.2, 0.25) is 0 Å². The largest absolute Gasteiger partial charge is 0.469 e. The molecule has 0 spiro atoms. The number of fused-ring (bicyclic) bond motifs is 1. The summed E-state index contributed by atoms with van der Waals surface area (Å²) in [7, 11) is 1.36. The van der Waals surface area contributed by atoms with E-state index in [0.717, 1.165) is 6.42 Å².